The molecule has 0 saturated carbocycles. The zero-order valence-corrected chi connectivity index (χ0v) is 11.7. The molecule has 2 rings (SSSR count). The van der Waals surface area contributed by atoms with Gasteiger partial charge in [0, 0.05) is 18.4 Å². The minimum absolute atomic E-state index is 0.556. The van der Waals surface area contributed by atoms with Crippen LogP contribution in [0, 0.1) is 36.5 Å². The molecular formula is C16H14N4. The highest BCUT2D eigenvalue weighted by Crippen LogP contribution is 2.27. The standard InChI is InChI=1S/C16H14N4/c1-11-7-12(2)19-16(15(11)10-18)20(3)14-6-4-5-13(8-14)9-17/h4-8H,1-3H3. The van der Waals surface area contributed by atoms with Crippen LogP contribution in [0.15, 0.2) is 30.3 Å². The molecule has 2 aromatic rings. The van der Waals surface area contributed by atoms with Gasteiger partial charge in [-0.2, -0.15) is 10.5 Å². The smallest absolute Gasteiger partial charge is 0.151 e. The number of hydrogen-bond donors (Lipinski definition) is 0. The van der Waals surface area contributed by atoms with Crippen molar-refractivity contribution >= 4 is 11.5 Å². The predicted octanol–water partition coefficient (Wildman–Crippen LogP) is 3.21. The summed E-state index contributed by atoms with van der Waals surface area (Å²) in [7, 11) is 1.85. The van der Waals surface area contributed by atoms with Crippen molar-refractivity contribution in [1.29, 1.82) is 10.5 Å². The van der Waals surface area contributed by atoms with Crippen molar-refractivity contribution in [3.8, 4) is 12.1 Å². The van der Waals surface area contributed by atoms with E-state index in [9.17, 15) is 5.26 Å². The summed E-state index contributed by atoms with van der Waals surface area (Å²) in [6.45, 7) is 3.80. The Morgan fingerprint density at radius 3 is 2.50 bits per heavy atom. The number of benzene rings is 1. The minimum atomic E-state index is 0.556. The average molecular weight is 262 g/mol. The van der Waals surface area contributed by atoms with Crippen molar-refractivity contribution in [2.75, 3.05) is 11.9 Å². The van der Waals surface area contributed by atoms with E-state index >= 15 is 0 Å². The Morgan fingerprint density at radius 1 is 1.10 bits per heavy atom. The van der Waals surface area contributed by atoms with Crippen LogP contribution in [0.5, 0.6) is 0 Å². The van der Waals surface area contributed by atoms with Crippen molar-refractivity contribution < 1.29 is 0 Å². The quantitative estimate of drug-likeness (QED) is 0.833. The van der Waals surface area contributed by atoms with Gasteiger partial charge >= 0.3 is 0 Å². The Morgan fingerprint density at radius 2 is 1.85 bits per heavy atom. The summed E-state index contributed by atoms with van der Waals surface area (Å²) < 4.78 is 0. The zero-order valence-electron chi connectivity index (χ0n) is 11.7. The van der Waals surface area contributed by atoms with E-state index in [1.807, 2.05) is 44.0 Å². The van der Waals surface area contributed by atoms with Crippen LogP contribution in [-0.2, 0) is 0 Å². The van der Waals surface area contributed by atoms with Crippen LogP contribution in [0.2, 0.25) is 0 Å². The molecule has 4 nitrogen and oxygen atoms in total. The zero-order chi connectivity index (χ0) is 14.7. The summed E-state index contributed by atoms with van der Waals surface area (Å²) in [5, 5.41) is 18.3. The number of nitriles is 2. The predicted molar refractivity (Wildman–Crippen MR) is 77.6 cm³/mol. The third kappa shape index (κ3) is 2.46. The first-order valence-corrected chi connectivity index (χ1v) is 6.19. The molecule has 0 aliphatic rings. The van der Waals surface area contributed by atoms with E-state index in [1.165, 1.54) is 0 Å². The molecule has 0 amide bonds. The molecule has 0 bridgehead atoms. The molecular weight excluding hydrogens is 248 g/mol. The fourth-order valence-corrected chi connectivity index (χ4v) is 2.10. The van der Waals surface area contributed by atoms with E-state index in [-0.39, 0.29) is 0 Å². The lowest BCUT2D eigenvalue weighted by atomic mass is 10.1. The Labute approximate surface area is 118 Å². The van der Waals surface area contributed by atoms with Gasteiger partial charge < -0.3 is 4.90 Å². The van der Waals surface area contributed by atoms with E-state index in [0.29, 0.717) is 16.9 Å². The summed E-state index contributed by atoms with van der Waals surface area (Å²) in [4.78, 5) is 6.29. The second-order valence-corrected chi connectivity index (χ2v) is 4.61. The van der Waals surface area contributed by atoms with Gasteiger partial charge in [0.25, 0.3) is 0 Å². The molecule has 0 aliphatic carbocycles. The Balaban J connectivity index is 2.56. The Hall–Kier alpha value is -2.85. The summed E-state index contributed by atoms with van der Waals surface area (Å²) in [6, 6.07) is 13.4. The molecule has 1 heterocycles. The molecule has 0 aliphatic heterocycles. The minimum Gasteiger partial charge on any atom is -0.328 e. The normalized spacial score (nSPS) is 9.65. The first-order chi connectivity index (χ1) is 9.56. The molecule has 4 heteroatoms. The number of hydrogen-bond acceptors (Lipinski definition) is 4. The molecule has 0 unspecified atom stereocenters. The van der Waals surface area contributed by atoms with E-state index in [0.717, 1.165) is 16.9 Å². The topological polar surface area (TPSA) is 63.7 Å². The molecule has 0 atom stereocenters. The lowest BCUT2D eigenvalue weighted by Crippen LogP contribution is -2.14. The first kappa shape index (κ1) is 13.6. The number of pyridine rings is 1. The van der Waals surface area contributed by atoms with Crippen LogP contribution in [0.3, 0.4) is 0 Å². The van der Waals surface area contributed by atoms with Crippen LogP contribution < -0.4 is 4.90 Å². The van der Waals surface area contributed by atoms with Crippen molar-refractivity contribution in [1.82, 2.24) is 4.98 Å². The lowest BCUT2D eigenvalue weighted by Gasteiger charge is -2.21. The van der Waals surface area contributed by atoms with Gasteiger partial charge in [-0.1, -0.05) is 6.07 Å². The van der Waals surface area contributed by atoms with Crippen molar-refractivity contribution in [3.63, 3.8) is 0 Å². The molecule has 0 fully saturated rings. The number of aromatic nitrogens is 1. The third-order valence-corrected chi connectivity index (χ3v) is 3.12. The summed E-state index contributed by atoms with van der Waals surface area (Å²) in [5.41, 5.74) is 3.73. The molecule has 20 heavy (non-hydrogen) atoms. The second kappa shape index (κ2) is 5.42. The molecule has 0 radical (unpaired) electrons. The lowest BCUT2D eigenvalue weighted by molar-refractivity contribution is 1.07. The summed E-state index contributed by atoms with van der Waals surface area (Å²) in [6.07, 6.45) is 0. The van der Waals surface area contributed by atoms with Crippen LogP contribution in [0.1, 0.15) is 22.4 Å². The van der Waals surface area contributed by atoms with Gasteiger partial charge in [-0.3, -0.25) is 0 Å². The summed E-state index contributed by atoms with van der Waals surface area (Å²) >= 11 is 0. The third-order valence-electron chi connectivity index (χ3n) is 3.12. The van der Waals surface area contributed by atoms with Crippen molar-refractivity contribution in [2.45, 2.75) is 13.8 Å². The maximum atomic E-state index is 9.32. The second-order valence-electron chi connectivity index (χ2n) is 4.61. The van der Waals surface area contributed by atoms with Crippen LogP contribution >= 0.6 is 0 Å². The maximum absolute atomic E-state index is 9.32. The van der Waals surface area contributed by atoms with Gasteiger partial charge in [0.1, 0.15) is 6.07 Å². The molecule has 1 aromatic heterocycles. The molecule has 0 N–H and O–H groups in total. The first-order valence-electron chi connectivity index (χ1n) is 6.19. The van der Waals surface area contributed by atoms with E-state index in [2.05, 4.69) is 17.1 Å². The Kier molecular flexibility index (Phi) is 3.68. The van der Waals surface area contributed by atoms with Gasteiger partial charge in [0.05, 0.1) is 17.2 Å². The molecule has 0 spiro atoms. The highest BCUT2D eigenvalue weighted by molar-refractivity contribution is 5.68. The van der Waals surface area contributed by atoms with Crippen LogP contribution in [0.4, 0.5) is 11.5 Å². The number of rotatable bonds is 2. The molecule has 1 aromatic carbocycles. The fourth-order valence-electron chi connectivity index (χ4n) is 2.10. The van der Waals surface area contributed by atoms with Gasteiger partial charge in [-0.15, -0.1) is 0 Å². The van der Waals surface area contributed by atoms with Gasteiger partial charge in [0.15, 0.2) is 5.82 Å². The van der Waals surface area contributed by atoms with E-state index < -0.39 is 0 Å². The van der Waals surface area contributed by atoms with E-state index in [1.54, 1.807) is 12.1 Å². The van der Waals surface area contributed by atoms with Gasteiger partial charge in [-0.05, 0) is 43.7 Å². The maximum Gasteiger partial charge on any atom is 0.151 e. The van der Waals surface area contributed by atoms with Crippen molar-refractivity contribution in [2.24, 2.45) is 0 Å². The molecule has 0 saturated heterocycles. The van der Waals surface area contributed by atoms with Crippen LogP contribution in [0.25, 0.3) is 0 Å². The highest BCUT2D eigenvalue weighted by atomic mass is 15.2. The molecule has 98 valence electrons. The van der Waals surface area contributed by atoms with Gasteiger partial charge in [0.2, 0.25) is 0 Å². The van der Waals surface area contributed by atoms with E-state index in [4.69, 9.17) is 5.26 Å². The number of anilines is 2. The summed E-state index contributed by atoms with van der Waals surface area (Å²) in [5.74, 6) is 0.611. The monoisotopic (exact) mass is 262 g/mol. The highest BCUT2D eigenvalue weighted by Gasteiger charge is 2.14. The van der Waals surface area contributed by atoms with Gasteiger partial charge in [-0.25, -0.2) is 4.98 Å². The fraction of sp³-hybridized carbons (Fsp3) is 0.188. The SMILES string of the molecule is Cc1cc(C)c(C#N)c(N(C)c2cccc(C#N)c2)n1. The average Bonchev–Trinajstić information content (AvgIpc) is 2.45. The van der Waals surface area contributed by atoms with Crippen molar-refractivity contribution in [3.05, 3.63) is 52.7 Å². The number of aryl methyl sites for hydroxylation is 2. The largest absolute Gasteiger partial charge is 0.328 e. The van der Waals surface area contributed by atoms with Crippen LogP contribution in [-0.4, -0.2) is 12.0 Å². The number of nitrogens with zero attached hydrogens (tertiary/aromatic N) is 4. The Bertz CT molecular complexity index is 735.